The van der Waals surface area contributed by atoms with E-state index >= 15 is 0 Å². The van der Waals surface area contributed by atoms with Crippen molar-refractivity contribution in [1.29, 1.82) is 0 Å². The van der Waals surface area contributed by atoms with Crippen LogP contribution in [0.1, 0.15) is 16.8 Å². The van der Waals surface area contributed by atoms with E-state index in [-0.39, 0.29) is 17.7 Å². The van der Waals surface area contributed by atoms with Crippen molar-refractivity contribution in [1.82, 2.24) is 5.32 Å². The Bertz CT molecular complexity index is 618. The molecule has 0 saturated carbocycles. The largest absolute Gasteiger partial charge is 0.507 e. The van der Waals surface area contributed by atoms with E-state index in [4.69, 9.17) is 4.74 Å². The van der Waals surface area contributed by atoms with Crippen LogP contribution in [0.25, 0.3) is 10.8 Å². The smallest absolute Gasteiger partial charge is 0.255 e. The molecular weight excluding hydrogens is 242 g/mol. The topological polar surface area (TPSA) is 58.6 Å². The highest BCUT2D eigenvalue weighted by molar-refractivity contribution is 6.01. The number of ether oxygens (including phenoxy) is 1. The molecule has 19 heavy (non-hydrogen) atoms. The molecule has 98 valence electrons. The Balaban J connectivity index is 1.90. The van der Waals surface area contributed by atoms with E-state index in [1.165, 1.54) is 0 Å². The van der Waals surface area contributed by atoms with Crippen LogP contribution in [-0.4, -0.2) is 30.3 Å². The van der Waals surface area contributed by atoms with Gasteiger partial charge < -0.3 is 15.2 Å². The lowest BCUT2D eigenvalue weighted by atomic mass is 10.1. The van der Waals surface area contributed by atoms with E-state index < -0.39 is 0 Å². The van der Waals surface area contributed by atoms with Crippen LogP contribution in [0.4, 0.5) is 0 Å². The first-order valence-corrected chi connectivity index (χ1v) is 6.34. The molecule has 2 aromatic carbocycles. The van der Waals surface area contributed by atoms with Gasteiger partial charge in [-0.1, -0.05) is 24.3 Å². The molecule has 1 unspecified atom stereocenters. The number of fused-ring (bicyclic) bond motifs is 1. The number of carbonyl (C=O) groups excluding carboxylic acids is 1. The van der Waals surface area contributed by atoms with Crippen LogP contribution < -0.4 is 5.32 Å². The third-order valence-electron chi connectivity index (χ3n) is 3.37. The summed E-state index contributed by atoms with van der Waals surface area (Å²) >= 11 is 0. The summed E-state index contributed by atoms with van der Waals surface area (Å²) in [5.74, 6) is -0.242. The number of hydrogen-bond donors (Lipinski definition) is 2. The lowest BCUT2D eigenvalue weighted by Crippen LogP contribution is -2.35. The van der Waals surface area contributed by atoms with Crippen LogP contribution in [0.2, 0.25) is 0 Å². The maximum Gasteiger partial charge on any atom is 0.255 e. The molecule has 4 nitrogen and oxygen atoms in total. The van der Waals surface area contributed by atoms with Gasteiger partial charge in [0.05, 0.1) is 18.2 Å². The van der Waals surface area contributed by atoms with Crippen molar-refractivity contribution in [3.05, 3.63) is 42.0 Å². The van der Waals surface area contributed by atoms with Crippen molar-refractivity contribution in [3.8, 4) is 5.75 Å². The predicted octanol–water partition coefficient (Wildman–Crippen LogP) is 2.06. The average molecular weight is 257 g/mol. The van der Waals surface area contributed by atoms with Gasteiger partial charge in [0.15, 0.2) is 0 Å². The molecule has 1 aliphatic heterocycles. The zero-order valence-electron chi connectivity index (χ0n) is 10.4. The maximum atomic E-state index is 12.1. The number of rotatable bonds is 2. The molecule has 2 N–H and O–H groups in total. The minimum atomic E-state index is -0.251. The molecule has 4 heteroatoms. The summed E-state index contributed by atoms with van der Waals surface area (Å²) in [6.07, 6.45) is 0.820. The van der Waals surface area contributed by atoms with Gasteiger partial charge in [-0.15, -0.1) is 0 Å². The zero-order chi connectivity index (χ0) is 13.2. The van der Waals surface area contributed by atoms with Crippen molar-refractivity contribution < 1.29 is 14.6 Å². The molecule has 0 aliphatic carbocycles. The fraction of sp³-hybridized carbons (Fsp3) is 0.267. The highest BCUT2D eigenvalue weighted by atomic mass is 16.5. The fourth-order valence-electron chi connectivity index (χ4n) is 2.32. The number of nitrogens with one attached hydrogen (secondary N) is 1. The van der Waals surface area contributed by atoms with Gasteiger partial charge in [-0.3, -0.25) is 4.79 Å². The van der Waals surface area contributed by atoms with Crippen LogP contribution in [0, 0.1) is 0 Å². The normalized spacial score (nSPS) is 18.6. The van der Waals surface area contributed by atoms with Gasteiger partial charge >= 0.3 is 0 Å². The lowest BCUT2D eigenvalue weighted by Gasteiger charge is -2.12. The highest BCUT2D eigenvalue weighted by Crippen LogP contribution is 2.25. The number of amides is 1. The molecule has 0 bridgehead atoms. The van der Waals surface area contributed by atoms with Crippen LogP contribution in [-0.2, 0) is 4.74 Å². The molecule has 1 fully saturated rings. The van der Waals surface area contributed by atoms with E-state index in [2.05, 4.69) is 5.32 Å². The van der Waals surface area contributed by atoms with Gasteiger partial charge in [0.25, 0.3) is 5.91 Å². The zero-order valence-corrected chi connectivity index (χ0v) is 10.4. The first-order chi connectivity index (χ1) is 9.24. The minimum Gasteiger partial charge on any atom is -0.507 e. The summed E-state index contributed by atoms with van der Waals surface area (Å²) in [7, 11) is 0. The summed E-state index contributed by atoms with van der Waals surface area (Å²) < 4.78 is 5.22. The minimum absolute atomic E-state index is 0.00937. The molecule has 1 amide bonds. The summed E-state index contributed by atoms with van der Waals surface area (Å²) in [6.45, 7) is 1.22. The summed E-state index contributed by atoms with van der Waals surface area (Å²) in [5.41, 5.74) is 0.311. The quantitative estimate of drug-likeness (QED) is 0.865. The van der Waals surface area contributed by atoms with Gasteiger partial charge in [-0.25, -0.2) is 0 Å². The number of hydrogen-bond acceptors (Lipinski definition) is 3. The van der Waals surface area contributed by atoms with Crippen molar-refractivity contribution in [2.24, 2.45) is 0 Å². The Labute approximate surface area is 111 Å². The van der Waals surface area contributed by atoms with Crippen LogP contribution in [0.5, 0.6) is 5.75 Å². The van der Waals surface area contributed by atoms with Gasteiger partial charge in [0.2, 0.25) is 0 Å². The first kappa shape index (κ1) is 12.0. The van der Waals surface area contributed by atoms with Crippen LogP contribution in [0.3, 0.4) is 0 Å². The molecule has 3 rings (SSSR count). The van der Waals surface area contributed by atoms with Gasteiger partial charge in [0, 0.05) is 6.61 Å². The van der Waals surface area contributed by atoms with Crippen molar-refractivity contribution >= 4 is 16.7 Å². The fourth-order valence-corrected chi connectivity index (χ4v) is 2.32. The van der Waals surface area contributed by atoms with E-state index in [0.29, 0.717) is 18.8 Å². The number of phenols is 1. The molecule has 1 atom stereocenters. The van der Waals surface area contributed by atoms with E-state index in [1.807, 2.05) is 24.3 Å². The molecule has 0 radical (unpaired) electrons. The van der Waals surface area contributed by atoms with Gasteiger partial charge in [-0.05, 0) is 29.3 Å². The Hall–Kier alpha value is -2.07. The summed E-state index contributed by atoms with van der Waals surface area (Å²) in [4.78, 5) is 12.1. The van der Waals surface area contributed by atoms with Crippen molar-refractivity contribution in [3.63, 3.8) is 0 Å². The number of phenolic OH excluding ortho intramolecular Hbond substituents is 1. The summed E-state index contributed by atoms with van der Waals surface area (Å²) in [6, 6.07) is 11.0. The second-order valence-electron chi connectivity index (χ2n) is 4.75. The van der Waals surface area contributed by atoms with E-state index in [0.717, 1.165) is 17.2 Å². The monoisotopic (exact) mass is 257 g/mol. The predicted molar refractivity (Wildman–Crippen MR) is 72.3 cm³/mol. The molecule has 0 aromatic heterocycles. The third-order valence-corrected chi connectivity index (χ3v) is 3.37. The standard InChI is InChI=1S/C15H15NO3/c17-14-8-11-4-2-1-3-10(11)7-13(14)15(18)16-12-5-6-19-9-12/h1-4,7-8,12,17H,5-6,9H2,(H,16,18). The number of benzene rings is 2. The molecule has 0 spiro atoms. The Morgan fingerprint density at radius 1 is 1.26 bits per heavy atom. The van der Waals surface area contributed by atoms with Crippen molar-refractivity contribution in [2.45, 2.75) is 12.5 Å². The Morgan fingerprint density at radius 2 is 2.00 bits per heavy atom. The second-order valence-corrected chi connectivity index (χ2v) is 4.75. The SMILES string of the molecule is O=C(NC1CCOC1)c1cc2ccccc2cc1O. The number of aromatic hydroxyl groups is 1. The first-order valence-electron chi connectivity index (χ1n) is 6.34. The van der Waals surface area contributed by atoms with Gasteiger partial charge in [0.1, 0.15) is 5.75 Å². The van der Waals surface area contributed by atoms with E-state index in [1.54, 1.807) is 12.1 Å². The third kappa shape index (κ3) is 2.39. The Kier molecular flexibility index (Phi) is 3.09. The molecule has 1 saturated heterocycles. The van der Waals surface area contributed by atoms with Crippen molar-refractivity contribution in [2.75, 3.05) is 13.2 Å². The molecule has 1 heterocycles. The number of carbonyl (C=O) groups is 1. The highest BCUT2D eigenvalue weighted by Gasteiger charge is 2.20. The molecular formula is C15H15NO3. The maximum absolute atomic E-state index is 12.1. The molecule has 2 aromatic rings. The average Bonchev–Trinajstić information content (AvgIpc) is 2.90. The van der Waals surface area contributed by atoms with Gasteiger partial charge in [-0.2, -0.15) is 0 Å². The Morgan fingerprint density at radius 3 is 2.68 bits per heavy atom. The second kappa shape index (κ2) is 4.90. The lowest BCUT2D eigenvalue weighted by molar-refractivity contribution is 0.0927. The molecule has 1 aliphatic rings. The van der Waals surface area contributed by atoms with Crippen LogP contribution >= 0.6 is 0 Å². The summed E-state index contributed by atoms with van der Waals surface area (Å²) in [5, 5.41) is 14.7. The van der Waals surface area contributed by atoms with E-state index in [9.17, 15) is 9.90 Å². The van der Waals surface area contributed by atoms with Crippen LogP contribution in [0.15, 0.2) is 36.4 Å².